The van der Waals surface area contributed by atoms with Crippen molar-refractivity contribution in [3.8, 4) is 5.75 Å². The van der Waals surface area contributed by atoms with Crippen LogP contribution in [0.4, 0.5) is 0 Å². The van der Waals surface area contributed by atoms with Gasteiger partial charge in [0, 0.05) is 58.4 Å². The number of para-hydroxylation sites is 1. The third-order valence-electron chi connectivity index (χ3n) is 8.74. The lowest BCUT2D eigenvalue weighted by molar-refractivity contribution is -0.119. The lowest BCUT2D eigenvalue weighted by Gasteiger charge is -2.49. The molecule has 3 aromatic rings. The Kier molecular flexibility index (Phi) is 7.39. The van der Waals surface area contributed by atoms with E-state index in [4.69, 9.17) is 16.3 Å². The summed E-state index contributed by atoms with van der Waals surface area (Å²) in [5.41, 5.74) is 6.33. The monoisotopic (exact) mass is 579 g/mol. The van der Waals surface area contributed by atoms with Crippen LogP contribution in [-0.2, 0) is 22.7 Å². The van der Waals surface area contributed by atoms with Crippen molar-refractivity contribution in [3.63, 3.8) is 0 Å². The van der Waals surface area contributed by atoms with Gasteiger partial charge in [-0.25, -0.2) is 0 Å². The number of rotatable bonds is 6. The molecule has 216 valence electrons. The van der Waals surface area contributed by atoms with Gasteiger partial charge < -0.3 is 9.64 Å². The van der Waals surface area contributed by atoms with Crippen LogP contribution in [0.25, 0.3) is 0 Å². The van der Waals surface area contributed by atoms with E-state index in [1.165, 1.54) is 0 Å². The fourth-order valence-electron chi connectivity index (χ4n) is 6.91. The predicted molar refractivity (Wildman–Crippen MR) is 167 cm³/mol. The first-order valence-electron chi connectivity index (χ1n) is 14.8. The third-order valence-corrected chi connectivity index (χ3v) is 8.99. The number of ketones is 2. The predicted octanol–water partition coefficient (Wildman–Crippen LogP) is 8.80. The number of hydrogen-bond acceptors (Lipinski definition) is 4. The van der Waals surface area contributed by atoms with Gasteiger partial charge >= 0.3 is 0 Å². The summed E-state index contributed by atoms with van der Waals surface area (Å²) in [5.74, 6) is 0.501. The SMILES string of the molecule is CC1(C)CC(=O)C2=C(C1)N(Cc1ccccc1)C1=C(C(=O)CC(C)(C)C1)C2c1ccccc1OCc1ccc(Cl)cc1. The normalized spacial score (nSPS) is 20.0. The molecule has 0 saturated heterocycles. The molecule has 0 unspecified atom stereocenters. The first-order valence-corrected chi connectivity index (χ1v) is 15.2. The molecule has 0 aromatic heterocycles. The average Bonchev–Trinajstić information content (AvgIpc) is 2.93. The minimum Gasteiger partial charge on any atom is -0.489 e. The van der Waals surface area contributed by atoms with Gasteiger partial charge in [0.2, 0.25) is 0 Å². The number of allylic oxidation sites excluding steroid dienone is 4. The molecule has 2 aliphatic carbocycles. The Morgan fingerprint density at radius 3 is 1.86 bits per heavy atom. The highest BCUT2D eigenvalue weighted by atomic mass is 35.5. The summed E-state index contributed by atoms with van der Waals surface area (Å²) >= 11 is 6.10. The van der Waals surface area contributed by atoms with E-state index in [2.05, 4.69) is 44.7 Å². The molecule has 6 rings (SSSR count). The van der Waals surface area contributed by atoms with E-state index in [1.807, 2.05) is 66.7 Å². The minimum absolute atomic E-state index is 0.126. The van der Waals surface area contributed by atoms with Gasteiger partial charge in [0.25, 0.3) is 0 Å². The van der Waals surface area contributed by atoms with Gasteiger partial charge in [-0.05, 0) is 53.0 Å². The summed E-state index contributed by atoms with van der Waals surface area (Å²) in [6, 6.07) is 25.9. The fourth-order valence-corrected chi connectivity index (χ4v) is 7.03. The largest absolute Gasteiger partial charge is 0.489 e. The molecular formula is C37H38ClNO3. The second kappa shape index (κ2) is 10.9. The van der Waals surface area contributed by atoms with E-state index < -0.39 is 5.92 Å². The Balaban J connectivity index is 1.52. The number of nitrogens with zero attached hydrogens (tertiary/aromatic N) is 1. The number of carbonyl (C=O) groups is 2. The summed E-state index contributed by atoms with van der Waals surface area (Å²) < 4.78 is 6.43. The van der Waals surface area contributed by atoms with E-state index in [-0.39, 0.29) is 22.4 Å². The molecule has 0 bridgehead atoms. The molecule has 0 fully saturated rings. The number of hydrogen-bond donors (Lipinski definition) is 0. The Morgan fingerprint density at radius 1 is 0.714 bits per heavy atom. The molecule has 1 aliphatic heterocycles. The van der Waals surface area contributed by atoms with Crippen LogP contribution in [0.15, 0.2) is 101 Å². The summed E-state index contributed by atoms with van der Waals surface area (Å²) in [6.07, 6.45) is 2.46. The molecule has 4 nitrogen and oxygen atoms in total. The van der Waals surface area contributed by atoms with Gasteiger partial charge in [0.15, 0.2) is 11.6 Å². The Morgan fingerprint density at radius 2 is 1.26 bits per heavy atom. The molecule has 3 aromatic carbocycles. The van der Waals surface area contributed by atoms with Crippen molar-refractivity contribution in [2.75, 3.05) is 0 Å². The van der Waals surface area contributed by atoms with Crippen molar-refractivity contribution in [1.29, 1.82) is 0 Å². The maximum atomic E-state index is 14.2. The second-order valence-corrected chi connectivity index (χ2v) is 14.0. The molecule has 0 amide bonds. The van der Waals surface area contributed by atoms with Crippen molar-refractivity contribution in [2.24, 2.45) is 10.8 Å². The number of ether oxygens (including phenoxy) is 1. The van der Waals surface area contributed by atoms with Crippen molar-refractivity contribution < 1.29 is 14.3 Å². The molecule has 5 heteroatoms. The van der Waals surface area contributed by atoms with E-state index in [0.717, 1.165) is 52.1 Å². The Hall–Kier alpha value is -3.63. The number of halogens is 1. The molecule has 42 heavy (non-hydrogen) atoms. The van der Waals surface area contributed by atoms with Crippen LogP contribution in [0.2, 0.25) is 5.02 Å². The van der Waals surface area contributed by atoms with Crippen LogP contribution in [0.1, 0.15) is 76.0 Å². The zero-order valence-corrected chi connectivity index (χ0v) is 25.6. The van der Waals surface area contributed by atoms with E-state index >= 15 is 0 Å². The summed E-state index contributed by atoms with van der Waals surface area (Å²) in [4.78, 5) is 30.7. The van der Waals surface area contributed by atoms with Crippen molar-refractivity contribution in [1.82, 2.24) is 4.90 Å². The van der Waals surface area contributed by atoms with Gasteiger partial charge in [-0.2, -0.15) is 0 Å². The van der Waals surface area contributed by atoms with Crippen molar-refractivity contribution in [3.05, 3.63) is 123 Å². The van der Waals surface area contributed by atoms with Crippen LogP contribution in [0, 0.1) is 10.8 Å². The van der Waals surface area contributed by atoms with Crippen molar-refractivity contribution in [2.45, 2.75) is 72.4 Å². The highest BCUT2D eigenvalue weighted by Gasteiger charge is 2.49. The zero-order valence-electron chi connectivity index (χ0n) is 24.9. The second-order valence-electron chi connectivity index (χ2n) is 13.6. The molecule has 3 aliphatic rings. The number of Topliss-reactive ketones (excluding diaryl/α,β-unsaturated/α-hetero) is 2. The third kappa shape index (κ3) is 5.57. The van der Waals surface area contributed by atoms with E-state index in [9.17, 15) is 9.59 Å². The van der Waals surface area contributed by atoms with Gasteiger partial charge in [0.1, 0.15) is 12.4 Å². The van der Waals surface area contributed by atoms with Gasteiger partial charge in [-0.3, -0.25) is 9.59 Å². The summed E-state index contributed by atoms with van der Waals surface area (Å²) in [6.45, 7) is 9.69. The average molecular weight is 580 g/mol. The molecule has 0 saturated carbocycles. The standard InChI is InChI=1S/C37H38ClNO3/c1-36(2)18-28-34(30(40)20-36)33(27-12-8-9-13-32(27)42-23-25-14-16-26(38)17-15-25)35-29(19-37(3,4)21-31(35)41)39(28)22-24-10-6-5-7-11-24/h5-17,33H,18-23H2,1-4H3. The fraction of sp³-hybridized carbons (Fsp3) is 0.351. The molecular weight excluding hydrogens is 542 g/mol. The summed E-state index contributed by atoms with van der Waals surface area (Å²) in [5, 5.41) is 0.679. The number of carbonyl (C=O) groups excluding carboxylic acids is 2. The topological polar surface area (TPSA) is 46.6 Å². The summed E-state index contributed by atoms with van der Waals surface area (Å²) in [7, 11) is 0. The van der Waals surface area contributed by atoms with Crippen LogP contribution in [0.3, 0.4) is 0 Å². The maximum Gasteiger partial charge on any atom is 0.162 e. The lowest BCUT2D eigenvalue weighted by Crippen LogP contribution is -2.44. The van der Waals surface area contributed by atoms with Gasteiger partial charge in [-0.15, -0.1) is 0 Å². The number of benzene rings is 3. The first kappa shape index (κ1) is 28.5. The lowest BCUT2D eigenvalue weighted by atomic mass is 9.63. The molecule has 0 radical (unpaired) electrons. The van der Waals surface area contributed by atoms with Crippen LogP contribution in [-0.4, -0.2) is 16.5 Å². The Bertz CT molecular complexity index is 1540. The molecule has 0 spiro atoms. The molecule has 0 N–H and O–H groups in total. The van der Waals surface area contributed by atoms with Crippen LogP contribution < -0.4 is 4.74 Å². The van der Waals surface area contributed by atoms with Gasteiger partial charge in [0.05, 0.1) is 0 Å². The first-order chi connectivity index (χ1) is 20.0. The quantitative estimate of drug-likeness (QED) is 0.293. The molecule has 1 heterocycles. The maximum absolute atomic E-state index is 14.2. The molecule has 0 atom stereocenters. The highest BCUT2D eigenvalue weighted by molar-refractivity contribution is 6.30. The van der Waals surface area contributed by atoms with E-state index in [1.54, 1.807) is 0 Å². The van der Waals surface area contributed by atoms with Crippen molar-refractivity contribution >= 4 is 23.2 Å². The van der Waals surface area contributed by atoms with Crippen LogP contribution >= 0.6 is 11.6 Å². The highest BCUT2D eigenvalue weighted by Crippen LogP contribution is 2.55. The van der Waals surface area contributed by atoms with E-state index in [0.29, 0.717) is 36.8 Å². The van der Waals surface area contributed by atoms with Gasteiger partial charge in [-0.1, -0.05) is 100.0 Å². The van der Waals surface area contributed by atoms with Crippen LogP contribution in [0.5, 0.6) is 5.75 Å². The Labute approximate surface area is 254 Å². The smallest absolute Gasteiger partial charge is 0.162 e. The minimum atomic E-state index is -0.448. The zero-order chi connectivity index (χ0) is 29.6.